The summed E-state index contributed by atoms with van der Waals surface area (Å²) in [6.45, 7) is 2.21. The maximum atomic E-state index is 5.47. The summed E-state index contributed by atoms with van der Waals surface area (Å²) in [5.74, 6) is 0.969. The Morgan fingerprint density at radius 3 is 2.20 bits per heavy atom. The van der Waals surface area contributed by atoms with Gasteiger partial charge in [-0.2, -0.15) is 0 Å². The molecule has 0 aliphatic heterocycles. The van der Waals surface area contributed by atoms with Crippen molar-refractivity contribution < 1.29 is 4.52 Å². The highest BCUT2D eigenvalue weighted by Gasteiger charge is 2.07. The highest BCUT2D eigenvalue weighted by atomic mass is 16.5. The van der Waals surface area contributed by atoms with Gasteiger partial charge in [0.15, 0.2) is 0 Å². The van der Waals surface area contributed by atoms with Crippen LogP contribution in [0, 0.1) is 0 Å². The van der Waals surface area contributed by atoms with Gasteiger partial charge < -0.3 is 9.42 Å². The molecule has 0 aliphatic rings. The quantitative estimate of drug-likeness (QED) is 0.561. The van der Waals surface area contributed by atoms with Gasteiger partial charge in [-0.05, 0) is 45.0 Å². The minimum Gasteiger partial charge on any atom is -0.361 e. The lowest BCUT2D eigenvalue weighted by molar-refractivity contribution is 0.314. The zero-order valence-electron chi connectivity index (χ0n) is 14.9. The average Bonchev–Trinajstić information content (AvgIpc) is 3.12. The highest BCUT2D eigenvalue weighted by Crippen LogP contribution is 2.19. The number of nitrogens with zero attached hydrogens (tertiary/aromatic N) is 2. The number of aryl methyl sites for hydroxylation is 2. The molecule has 0 amide bonds. The van der Waals surface area contributed by atoms with Crippen molar-refractivity contribution in [1.29, 1.82) is 0 Å². The molecule has 3 rings (SSSR count). The van der Waals surface area contributed by atoms with Gasteiger partial charge >= 0.3 is 0 Å². The van der Waals surface area contributed by atoms with Crippen molar-refractivity contribution in [2.24, 2.45) is 0 Å². The van der Waals surface area contributed by atoms with Crippen molar-refractivity contribution >= 4 is 0 Å². The second-order valence-corrected chi connectivity index (χ2v) is 6.54. The molecule has 2 aromatic carbocycles. The van der Waals surface area contributed by atoms with Gasteiger partial charge in [0, 0.05) is 18.1 Å². The van der Waals surface area contributed by atoms with Crippen LogP contribution in [0.1, 0.15) is 24.2 Å². The van der Waals surface area contributed by atoms with Crippen LogP contribution >= 0.6 is 0 Å². The number of rotatable bonds is 9. The average molecular weight is 334 g/mol. The molecule has 0 bridgehead atoms. The van der Waals surface area contributed by atoms with E-state index in [0.29, 0.717) is 0 Å². The van der Waals surface area contributed by atoms with Gasteiger partial charge in [-0.3, -0.25) is 0 Å². The summed E-state index contributed by atoms with van der Waals surface area (Å²) in [6, 6.07) is 22.9. The van der Waals surface area contributed by atoms with Gasteiger partial charge in [0.1, 0.15) is 11.5 Å². The largest absolute Gasteiger partial charge is 0.361 e. The standard InChI is InChI=1S/C22H26N2O/c1-24(16-8-12-19-10-4-2-5-11-19)17-9-15-21-18-22(23-25-21)20-13-6-3-7-14-20/h2-7,10-11,13-14,18H,8-9,12,15-17H2,1H3. The van der Waals surface area contributed by atoms with E-state index in [1.165, 1.54) is 12.0 Å². The summed E-state index contributed by atoms with van der Waals surface area (Å²) < 4.78 is 5.47. The molecule has 0 saturated carbocycles. The first-order valence-corrected chi connectivity index (χ1v) is 9.05. The fourth-order valence-corrected chi connectivity index (χ4v) is 3.01. The normalized spacial score (nSPS) is 11.1. The molecule has 0 N–H and O–H groups in total. The lowest BCUT2D eigenvalue weighted by Gasteiger charge is -2.15. The first-order valence-electron chi connectivity index (χ1n) is 9.05. The summed E-state index contributed by atoms with van der Waals surface area (Å²) in [6.07, 6.45) is 4.36. The Balaban J connectivity index is 1.36. The van der Waals surface area contributed by atoms with Crippen LogP contribution in [-0.4, -0.2) is 30.2 Å². The van der Waals surface area contributed by atoms with E-state index < -0.39 is 0 Å². The molecule has 3 aromatic rings. The molecule has 1 heterocycles. The molecule has 0 fully saturated rings. The molecule has 3 nitrogen and oxygen atoms in total. The van der Waals surface area contributed by atoms with Crippen molar-refractivity contribution in [1.82, 2.24) is 10.1 Å². The predicted octanol–water partition coefficient (Wildman–Crippen LogP) is 4.84. The zero-order valence-corrected chi connectivity index (χ0v) is 14.9. The van der Waals surface area contributed by atoms with Gasteiger partial charge in [0.2, 0.25) is 0 Å². The molecule has 0 saturated heterocycles. The second-order valence-electron chi connectivity index (χ2n) is 6.54. The smallest absolute Gasteiger partial charge is 0.137 e. The Hall–Kier alpha value is -2.39. The van der Waals surface area contributed by atoms with E-state index in [0.717, 1.165) is 49.4 Å². The summed E-state index contributed by atoms with van der Waals surface area (Å²) >= 11 is 0. The van der Waals surface area contributed by atoms with Crippen LogP contribution in [-0.2, 0) is 12.8 Å². The van der Waals surface area contributed by atoms with E-state index in [9.17, 15) is 0 Å². The van der Waals surface area contributed by atoms with E-state index in [-0.39, 0.29) is 0 Å². The van der Waals surface area contributed by atoms with Gasteiger partial charge in [-0.15, -0.1) is 0 Å². The van der Waals surface area contributed by atoms with Crippen molar-refractivity contribution in [3.8, 4) is 11.3 Å². The van der Waals surface area contributed by atoms with Crippen molar-refractivity contribution in [3.05, 3.63) is 78.1 Å². The maximum Gasteiger partial charge on any atom is 0.137 e. The Kier molecular flexibility index (Phi) is 6.41. The summed E-state index contributed by atoms with van der Waals surface area (Å²) in [5, 5.41) is 4.18. The molecule has 0 aliphatic carbocycles. The van der Waals surface area contributed by atoms with Crippen molar-refractivity contribution in [2.75, 3.05) is 20.1 Å². The minimum atomic E-state index is 0.923. The maximum absolute atomic E-state index is 5.47. The summed E-state index contributed by atoms with van der Waals surface area (Å²) in [4.78, 5) is 2.40. The fourth-order valence-electron chi connectivity index (χ4n) is 3.01. The van der Waals surface area contributed by atoms with Crippen LogP contribution in [0.15, 0.2) is 71.3 Å². The lowest BCUT2D eigenvalue weighted by atomic mass is 10.1. The molecule has 1 aromatic heterocycles. The second kappa shape index (κ2) is 9.19. The number of hydrogen-bond donors (Lipinski definition) is 0. The first-order chi connectivity index (χ1) is 12.3. The van der Waals surface area contributed by atoms with Crippen LogP contribution in [0.4, 0.5) is 0 Å². The van der Waals surface area contributed by atoms with E-state index in [2.05, 4.69) is 65.6 Å². The van der Waals surface area contributed by atoms with Gasteiger partial charge in [0.05, 0.1) is 0 Å². The fraction of sp³-hybridized carbons (Fsp3) is 0.318. The molecular formula is C22H26N2O. The third-order valence-corrected chi connectivity index (χ3v) is 4.44. The van der Waals surface area contributed by atoms with Crippen LogP contribution in [0.25, 0.3) is 11.3 Å². The topological polar surface area (TPSA) is 29.3 Å². The lowest BCUT2D eigenvalue weighted by Crippen LogP contribution is -2.21. The molecule has 0 spiro atoms. The highest BCUT2D eigenvalue weighted by molar-refractivity contribution is 5.58. The van der Waals surface area contributed by atoms with E-state index in [4.69, 9.17) is 4.52 Å². The summed E-state index contributed by atoms with van der Waals surface area (Å²) in [5.41, 5.74) is 3.45. The molecule has 130 valence electrons. The van der Waals surface area contributed by atoms with Crippen molar-refractivity contribution in [2.45, 2.75) is 25.7 Å². The van der Waals surface area contributed by atoms with Gasteiger partial charge in [-0.25, -0.2) is 0 Å². The molecule has 0 radical (unpaired) electrons. The monoisotopic (exact) mass is 334 g/mol. The van der Waals surface area contributed by atoms with E-state index in [1.807, 2.05) is 18.2 Å². The van der Waals surface area contributed by atoms with E-state index in [1.54, 1.807) is 0 Å². The summed E-state index contributed by atoms with van der Waals surface area (Å²) in [7, 11) is 2.20. The minimum absolute atomic E-state index is 0.923. The van der Waals surface area contributed by atoms with Crippen LogP contribution in [0.5, 0.6) is 0 Å². The molecule has 0 atom stereocenters. The van der Waals surface area contributed by atoms with Crippen LogP contribution < -0.4 is 0 Å². The molecule has 25 heavy (non-hydrogen) atoms. The number of hydrogen-bond acceptors (Lipinski definition) is 3. The number of aromatic nitrogens is 1. The van der Waals surface area contributed by atoms with Gasteiger partial charge in [-0.1, -0.05) is 65.8 Å². The number of benzene rings is 2. The predicted molar refractivity (Wildman–Crippen MR) is 103 cm³/mol. The van der Waals surface area contributed by atoms with Gasteiger partial charge in [0.25, 0.3) is 0 Å². The van der Waals surface area contributed by atoms with Crippen LogP contribution in [0.3, 0.4) is 0 Å². The zero-order chi connectivity index (χ0) is 17.3. The molecular weight excluding hydrogens is 308 g/mol. The molecule has 3 heteroatoms. The Morgan fingerprint density at radius 1 is 0.840 bits per heavy atom. The molecule has 0 unspecified atom stereocenters. The van der Waals surface area contributed by atoms with Crippen LogP contribution in [0.2, 0.25) is 0 Å². The van der Waals surface area contributed by atoms with Crippen molar-refractivity contribution in [3.63, 3.8) is 0 Å². The van der Waals surface area contributed by atoms with E-state index >= 15 is 0 Å². The Bertz CT molecular complexity index is 737. The Morgan fingerprint density at radius 2 is 1.48 bits per heavy atom. The third-order valence-electron chi connectivity index (χ3n) is 4.44. The first kappa shape index (κ1) is 17.4. The SMILES string of the molecule is CN(CCCc1ccccc1)CCCc1cc(-c2ccccc2)no1. The Labute approximate surface area is 150 Å². The third kappa shape index (κ3) is 5.57.